The number of hydrogen-bond acceptors (Lipinski definition) is 6. The number of hydrogen-bond donors (Lipinski definition) is 0. The molecule has 0 N–H and O–H groups in total. The van der Waals surface area contributed by atoms with E-state index in [1.54, 1.807) is 19.2 Å². The number of fused-ring (bicyclic) bond motifs is 1. The Kier molecular flexibility index (Phi) is 4.93. The summed E-state index contributed by atoms with van der Waals surface area (Å²) in [5.74, 6) is 0.640. The molecule has 2 aromatic carbocycles. The van der Waals surface area contributed by atoms with E-state index in [1.165, 1.54) is 6.08 Å². The second-order valence-corrected chi connectivity index (χ2v) is 6.11. The smallest absolute Gasteiger partial charge is 0.331 e. The summed E-state index contributed by atoms with van der Waals surface area (Å²) >= 11 is 0. The van der Waals surface area contributed by atoms with E-state index in [-0.39, 0.29) is 6.61 Å². The van der Waals surface area contributed by atoms with Crippen LogP contribution in [0.25, 0.3) is 28.6 Å². The first-order chi connectivity index (χ1) is 13.7. The quantitative estimate of drug-likeness (QED) is 0.383. The van der Waals surface area contributed by atoms with Crippen molar-refractivity contribution >= 4 is 23.1 Å². The summed E-state index contributed by atoms with van der Waals surface area (Å²) in [5.41, 5.74) is 3.62. The van der Waals surface area contributed by atoms with Gasteiger partial charge in [-0.1, -0.05) is 30.3 Å². The molecular formula is C22H17N3O3. The Morgan fingerprint density at radius 2 is 1.79 bits per heavy atom. The van der Waals surface area contributed by atoms with Crippen molar-refractivity contribution in [3.05, 3.63) is 84.0 Å². The van der Waals surface area contributed by atoms with Gasteiger partial charge in [-0.05, 0) is 37.3 Å². The van der Waals surface area contributed by atoms with Gasteiger partial charge >= 0.3 is 5.97 Å². The molecule has 0 aliphatic heterocycles. The molecule has 0 amide bonds. The molecule has 0 atom stereocenters. The summed E-state index contributed by atoms with van der Waals surface area (Å²) in [7, 11) is 0. The maximum absolute atomic E-state index is 12.0. The van der Waals surface area contributed by atoms with Crippen LogP contribution in [-0.2, 0) is 16.1 Å². The van der Waals surface area contributed by atoms with Crippen LogP contribution in [0.1, 0.15) is 17.1 Å². The van der Waals surface area contributed by atoms with Crippen molar-refractivity contribution < 1.29 is 13.9 Å². The van der Waals surface area contributed by atoms with Crippen LogP contribution in [0.5, 0.6) is 0 Å². The van der Waals surface area contributed by atoms with Crippen LogP contribution in [0.2, 0.25) is 0 Å². The van der Waals surface area contributed by atoms with E-state index in [4.69, 9.17) is 9.15 Å². The molecule has 0 aliphatic carbocycles. The minimum absolute atomic E-state index is 0.0364. The number of carbonyl (C=O) groups is 1. The standard InChI is InChI=1S/C22H17N3O3/c1-15-20(25-22(28-15)16-7-3-2-4-8-16)14-27-21(26)12-11-17-13-23-18-9-5-6-10-19(18)24-17/h2-13H,14H2,1H3/b12-11+. The number of esters is 1. The largest absolute Gasteiger partial charge is 0.456 e. The Labute approximate surface area is 161 Å². The maximum Gasteiger partial charge on any atom is 0.331 e. The van der Waals surface area contributed by atoms with Gasteiger partial charge in [0.05, 0.1) is 22.9 Å². The second-order valence-electron chi connectivity index (χ2n) is 6.11. The molecule has 4 rings (SSSR count). The highest BCUT2D eigenvalue weighted by atomic mass is 16.5. The third-order valence-corrected chi connectivity index (χ3v) is 4.12. The fraction of sp³-hybridized carbons (Fsp3) is 0.0909. The van der Waals surface area contributed by atoms with Crippen molar-refractivity contribution in [1.29, 1.82) is 0 Å². The minimum Gasteiger partial charge on any atom is -0.456 e. The van der Waals surface area contributed by atoms with Gasteiger partial charge < -0.3 is 9.15 Å². The highest BCUT2D eigenvalue weighted by Crippen LogP contribution is 2.21. The number of ether oxygens (including phenoxy) is 1. The van der Waals surface area contributed by atoms with E-state index >= 15 is 0 Å². The molecule has 6 nitrogen and oxygen atoms in total. The lowest BCUT2D eigenvalue weighted by atomic mass is 10.2. The van der Waals surface area contributed by atoms with Crippen LogP contribution in [-0.4, -0.2) is 20.9 Å². The SMILES string of the molecule is Cc1oc(-c2ccccc2)nc1COC(=O)/C=C/c1cnc2ccccc2n1. The predicted octanol–water partition coefficient (Wildman–Crippen LogP) is 4.35. The third-order valence-electron chi connectivity index (χ3n) is 4.12. The number of nitrogens with zero attached hydrogens (tertiary/aromatic N) is 3. The number of carbonyl (C=O) groups excluding carboxylic acids is 1. The van der Waals surface area contributed by atoms with Gasteiger partial charge in [-0.3, -0.25) is 4.98 Å². The summed E-state index contributed by atoms with van der Waals surface area (Å²) < 4.78 is 10.9. The van der Waals surface area contributed by atoms with Gasteiger partial charge in [0.1, 0.15) is 18.1 Å². The number of aromatic nitrogens is 3. The summed E-state index contributed by atoms with van der Waals surface area (Å²) in [5, 5.41) is 0. The van der Waals surface area contributed by atoms with Crippen LogP contribution in [0.3, 0.4) is 0 Å². The topological polar surface area (TPSA) is 78.1 Å². The van der Waals surface area contributed by atoms with Crippen LogP contribution in [0.15, 0.2) is 71.3 Å². The fourth-order valence-corrected chi connectivity index (χ4v) is 2.66. The van der Waals surface area contributed by atoms with Gasteiger partial charge in [-0.15, -0.1) is 0 Å². The van der Waals surface area contributed by atoms with Gasteiger partial charge in [0.2, 0.25) is 5.89 Å². The fourth-order valence-electron chi connectivity index (χ4n) is 2.66. The Morgan fingerprint density at radius 3 is 2.61 bits per heavy atom. The van der Waals surface area contributed by atoms with Crippen LogP contribution < -0.4 is 0 Å². The van der Waals surface area contributed by atoms with Crippen molar-refractivity contribution in [3.63, 3.8) is 0 Å². The molecule has 0 saturated heterocycles. The molecule has 4 aromatic rings. The maximum atomic E-state index is 12.0. The molecule has 138 valence electrons. The van der Waals surface area contributed by atoms with Gasteiger partial charge in [0.15, 0.2) is 0 Å². The summed E-state index contributed by atoms with van der Waals surface area (Å²) in [6.45, 7) is 1.83. The number of oxazole rings is 1. The first-order valence-electron chi connectivity index (χ1n) is 8.77. The highest BCUT2D eigenvalue weighted by molar-refractivity contribution is 5.87. The van der Waals surface area contributed by atoms with E-state index in [0.29, 0.717) is 23.0 Å². The Hall–Kier alpha value is -3.80. The van der Waals surface area contributed by atoms with Gasteiger partial charge in [-0.25, -0.2) is 14.8 Å². The van der Waals surface area contributed by atoms with E-state index < -0.39 is 5.97 Å². The van der Waals surface area contributed by atoms with Gasteiger partial charge in [-0.2, -0.15) is 0 Å². The van der Waals surface area contributed by atoms with E-state index in [0.717, 1.165) is 16.6 Å². The normalized spacial score (nSPS) is 11.2. The first kappa shape index (κ1) is 17.6. The average molecular weight is 371 g/mol. The molecule has 0 aliphatic rings. The van der Waals surface area contributed by atoms with Crippen molar-refractivity contribution in [2.24, 2.45) is 0 Å². The van der Waals surface area contributed by atoms with Crippen LogP contribution >= 0.6 is 0 Å². The molecular weight excluding hydrogens is 354 g/mol. The van der Waals surface area contributed by atoms with Crippen LogP contribution in [0, 0.1) is 6.92 Å². The zero-order valence-electron chi connectivity index (χ0n) is 15.2. The summed E-state index contributed by atoms with van der Waals surface area (Å²) in [6, 6.07) is 17.1. The molecule has 0 unspecified atom stereocenters. The molecule has 0 radical (unpaired) electrons. The lowest BCUT2D eigenvalue weighted by Gasteiger charge is -2.00. The summed E-state index contributed by atoms with van der Waals surface area (Å²) in [6.07, 6.45) is 4.51. The minimum atomic E-state index is -0.487. The van der Waals surface area contributed by atoms with E-state index in [1.807, 2.05) is 54.6 Å². The molecule has 28 heavy (non-hydrogen) atoms. The van der Waals surface area contributed by atoms with Crippen molar-refractivity contribution in [3.8, 4) is 11.5 Å². The number of aryl methyl sites for hydroxylation is 1. The zero-order chi connectivity index (χ0) is 19.3. The Balaban J connectivity index is 1.40. The van der Waals surface area contributed by atoms with Gasteiger partial charge in [0, 0.05) is 11.6 Å². The lowest BCUT2D eigenvalue weighted by molar-refractivity contribution is -0.139. The average Bonchev–Trinajstić information content (AvgIpc) is 3.12. The van der Waals surface area contributed by atoms with Crippen LogP contribution in [0.4, 0.5) is 0 Å². The molecule has 6 heteroatoms. The molecule has 0 spiro atoms. The highest BCUT2D eigenvalue weighted by Gasteiger charge is 2.12. The Bertz CT molecular complexity index is 1150. The molecule has 0 fully saturated rings. The van der Waals surface area contributed by atoms with E-state index in [2.05, 4.69) is 15.0 Å². The number of para-hydroxylation sites is 2. The molecule has 2 heterocycles. The van der Waals surface area contributed by atoms with Crippen molar-refractivity contribution in [2.45, 2.75) is 13.5 Å². The van der Waals surface area contributed by atoms with Crippen molar-refractivity contribution in [2.75, 3.05) is 0 Å². The molecule has 2 aromatic heterocycles. The van der Waals surface area contributed by atoms with Gasteiger partial charge in [0.25, 0.3) is 0 Å². The predicted molar refractivity (Wildman–Crippen MR) is 105 cm³/mol. The van der Waals surface area contributed by atoms with E-state index in [9.17, 15) is 4.79 Å². The summed E-state index contributed by atoms with van der Waals surface area (Å²) in [4.78, 5) is 25.2. The van der Waals surface area contributed by atoms with Crippen molar-refractivity contribution in [1.82, 2.24) is 15.0 Å². The lowest BCUT2D eigenvalue weighted by Crippen LogP contribution is -2.02. The molecule has 0 bridgehead atoms. The number of benzene rings is 2. The second kappa shape index (κ2) is 7.84. The zero-order valence-corrected chi connectivity index (χ0v) is 15.2. The Morgan fingerprint density at radius 1 is 1.04 bits per heavy atom. The first-order valence-corrected chi connectivity index (χ1v) is 8.77. The molecule has 0 saturated carbocycles. The third kappa shape index (κ3) is 3.96. The number of rotatable bonds is 5. The monoisotopic (exact) mass is 371 g/mol.